The minimum atomic E-state index is -0.514. The van der Waals surface area contributed by atoms with Gasteiger partial charge in [0.15, 0.2) is 6.29 Å². The lowest BCUT2D eigenvalue weighted by Gasteiger charge is -2.32. The summed E-state index contributed by atoms with van der Waals surface area (Å²) in [5.41, 5.74) is 1.68. The molecule has 0 spiro atoms. The van der Waals surface area contributed by atoms with E-state index in [1.54, 1.807) is 18.5 Å². The SMILES string of the molecule is CC1(C)OB(c2cc(C=O)c3nccnc3c2)OC1(C)C. The Morgan fingerprint density at radius 1 is 1.05 bits per heavy atom. The molecule has 0 aliphatic carbocycles. The van der Waals surface area contributed by atoms with E-state index in [1.165, 1.54) is 0 Å². The summed E-state index contributed by atoms with van der Waals surface area (Å²) in [6.07, 6.45) is 3.96. The molecule has 2 aromatic rings. The van der Waals surface area contributed by atoms with Gasteiger partial charge in [0.25, 0.3) is 0 Å². The molecule has 1 fully saturated rings. The number of hydrogen-bond donors (Lipinski definition) is 0. The number of benzene rings is 1. The molecule has 1 aliphatic heterocycles. The molecule has 0 atom stereocenters. The zero-order valence-electron chi connectivity index (χ0n) is 12.6. The maximum absolute atomic E-state index is 11.3. The molecule has 2 heterocycles. The number of aldehydes is 1. The predicted octanol–water partition coefficient (Wildman–Crippen LogP) is 1.74. The van der Waals surface area contributed by atoms with Crippen LogP contribution in [-0.2, 0) is 9.31 Å². The van der Waals surface area contributed by atoms with Crippen LogP contribution >= 0.6 is 0 Å². The molecule has 0 saturated carbocycles. The Morgan fingerprint density at radius 2 is 1.67 bits per heavy atom. The number of carbonyl (C=O) groups is 1. The highest BCUT2D eigenvalue weighted by Gasteiger charge is 2.51. The Hall–Kier alpha value is -1.79. The highest BCUT2D eigenvalue weighted by molar-refractivity contribution is 6.62. The third-order valence-electron chi connectivity index (χ3n) is 4.28. The minimum Gasteiger partial charge on any atom is -0.399 e. The van der Waals surface area contributed by atoms with Crippen LogP contribution in [0.15, 0.2) is 24.5 Å². The van der Waals surface area contributed by atoms with Gasteiger partial charge in [-0.2, -0.15) is 0 Å². The van der Waals surface area contributed by atoms with Crippen LogP contribution in [0.5, 0.6) is 0 Å². The van der Waals surface area contributed by atoms with E-state index < -0.39 is 18.3 Å². The maximum atomic E-state index is 11.3. The second kappa shape index (κ2) is 4.61. The van der Waals surface area contributed by atoms with Gasteiger partial charge in [0, 0.05) is 18.0 Å². The monoisotopic (exact) mass is 284 g/mol. The number of nitrogens with zero attached hydrogens (tertiary/aromatic N) is 2. The van der Waals surface area contributed by atoms with Crippen molar-refractivity contribution in [2.45, 2.75) is 38.9 Å². The van der Waals surface area contributed by atoms with Crippen molar-refractivity contribution >= 4 is 29.9 Å². The Labute approximate surface area is 123 Å². The van der Waals surface area contributed by atoms with E-state index in [4.69, 9.17) is 9.31 Å². The Morgan fingerprint density at radius 3 is 2.29 bits per heavy atom. The number of hydrogen-bond acceptors (Lipinski definition) is 5. The predicted molar refractivity (Wildman–Crippen MR) is 80.6 cm³/mol. The van der Waals surface area contributed by atoms with Crippen LogP contribution in [0, 0.1) is 0 Å². The summed E-state index contributed by atoms with van der Waals surface area (Å²) in [5, 5.41) is 0. The zero-order chi connectivity index (χ0) is 15.3. The largest absolute Gasteiger partial charge is 0.494 e. The summed E-state index contributed by atoms with van der Waals surface area (Å²) in [4.78, 5) is 19.8. The molecule has 1 saturated heterocycles. The van der Waals surface area contributed by atoms with Crippen molar-refractivity contribution in [3.63, 3.8) is 0 Å². The van der Waals surface area contributed by atoms with Crippen molar-refractivity contribution < 1.29 is 14.1 Å². The first-order valence-corrected chi connectivity index (χ1v) is 6.89. The molecule has 1 aromatic heterocycles. The van der Waals surface area contributed by atoms with E-state index in [1.807, 2.05) is 33.8 Å². The molecular formula is C15H17BN2O3. The van der Waals surface area contributed by atoms with Crippen molar-refractivity contribution in [2.75, 3.05) is 0 Å². The molecule has 0 radical (unpaired) electrons. The fourth-order valence-corrected chi connectivity index (χ4v) is 2.33. The topological polar surface area (TPSA) is 61.3 Å². The number of fused-ring (bicyclic) bond motifs is 1. The summed E-state index contributed by atoms with van der Waals surface area (Å²) >= 11 is 0. The lowest BCUT2D eigenvalue weighted by molar-refractivity contribution is 0.00578. The summed E-state index contributed by atoms with van der Waals surface area (Å²) in [5.74, 6) is 0. The molecule has 1 aromatic carbocycles. The van der Waals surface area contributed by atoms with Gasteiger partial charge in [0.05, 0.1) is 22.2 Å². The maximum Gasteiger partial charge on any atom is 0.494 e. The smallest absolute Gasteiger partial charge is 0.399 e. The molecule has 5 nitrogen and oxygen atoms in total. The lowest BCUT2D eigenvalue weighted by Crippen LogP contribution is -2.41. The van der Waals surface area contributed by atoms with Crippen LogP contribution in [0.2, 0.25) is 0 Å². The summed E-state index contributed by atoms with van der Waals surface area (Å²) in [7, 11) is -0.514. The lowest BCUT2D eigenvalue weighted by atomic mass is 9.78. The first-order chi connectivity index (χ1) is 9.84. The van der Waals surface area contributed by atoms with Gasteiger partial charge < -0.3 is 9.31 Å². The molecular weight excluding hydrogens is 267 g/mol. The molecule has 0 unspecified atom stereocenters. The van der Waals surface area contributed by atoms with Crippen molar-refractivity contribution in [1.29, 1.82) is 0 Å². The van der Waals surface area contributed by atoms with Gasteiger partial charge in [0.1, 0.15) is 0 Å². The van der Waals surface area contributed by atoms with E-state index in [0.29, 0.717) is 16.6 Å². The van der Waals surface area contributed by atoms with Crippen molar-refractivity contribution in [1.82, 2.24) is 9.97 Å². The standard InChI is InChI=1S/C15H17BN2O3/c1-14(2)15(3,4)21-16(20-14)11-7-10(9-19)13-12(8-11)17-5-6-18-13/h5-9H,1-4H3. The molecule has 6 heteroatoms. The third-order valence-corrected chi connectivity index (χ3v) is 4.28. The van der Waals surface area contributed by atoms with E-state index in [0.717, 1.165) is 11.7 Å². The third kappa shape index (κ3) is 2.24. The molecule has 3 rings (SSSR count). The van der Waals surface area contributed by atoms with E-state index in [2.05, 4.69) is 9.97 Å². The Kier molecular flexibility index (Phi) is 3.11. The highest BCUT2D eigenvalue weighted by atomic mass is 16.7. The van der Waals surface area contributed by atoms with E-state index in [-0.39, 0.29) is 0 Å². The molecule has 0 amide bonds. The summed E-state index contributed by atoms with van der Waals surface area (Å²) in [6, 6.07) is 3.61. The van der Waals surface area contributed by atoms with Crippen LogP contribution in [-0.4, -0.2) is 34.6 Å². The zero-order valence-corrected chi connectivity index (χ0v) is 12.6. The first-order valence-electron chi connectivity index (χ1n) is 6.89. The molecule has 0 bridgehead atoms. The van der Waals surface area contributed by atoms with Gasteiger partial charge in [-0.1, -0.05) is 0 Å². The molecule has 108 valence electrons. The second-order valence-corrected chi connectivity index (χ2v) is 6.24. The van der Waals surface area contributed by atoms with Gasteiger partial charge in [-0.25, -0.2) is 0 Å². The van der Waals surface area contributed by atoms with Crippen LogP contribution in [0.4, 0.5) is 0 Å². The fraction of sp³-hybridized carbons (Fsp3) is 0.400. The fourth-order valence-electron chi connectivity index (χ4n) is 2.33. The molecule has 21 heavy (non-hydrogen) atoms. The van der Waals surface area contributed by atoms with Gasteiger partial charge in [-0.15, -0.1) is 0 Å². The van der Waals surface area contributed by atoms with Gasteiger partial charge in [-0.3, -0.25) is 14.8 Å². The van der Waals surface area contributed by atoms with Gasteiger partial charge in [-0.05, 0) is 45.3 Å². The van der Waals surface area contributed by atoms with Crippen LogP contribution in [0.1, 0.15) is 38.1 Å². The first kappa shape index (κ1) is 14.2. The van der Waals surface area contributed by atoms with E-state index >= 15 is 0 Å². The second-order valence-electron chi connectivity index (χ2n) is 6.24. The Bertz CT molecular complexity index is 699. The average molecular weight is 284 g/mol. The van der Waals surface area contributed by atoms with Gasteiger partial charge >= 0.3 is 7.12 Å². The number of aromatic nitrogens is 2. The van der Waals surface area contributed by atoms with Crippen LogP contribution < -0.4 is 5.46 Å². The summed E-state index contributed by atoms with van der Waals surface area (Å²) < 4.78 is 12.0. The van der Waals surface area contributed by atoms with Crippen LogP contribution in [0.25, 0.3) is 11.0 Å². The number of rotatable bonds is 2. The minimum absolute atomic E-state index is 0.420. The molecule has 1 aliphatic rings. The van der Waals surface area contributed by atoms with E-state index in [9.17, 15) is 4.79 Å². The number of carbonyl (C=O) groups excluding carboxylic acids is 1. The highest BCUT2D eigenvalue weighted by Crippen LogP contribution is 2.36. The van der Waals surface area contributed by atoms with Gasteiger partial charge in [0.2, 0.25) is 0 Å². The molecule has 0 N–H and O–H groups in total. The quantitative estimate of drug-likeness (QED) is 0.621. The van der Waals surface area contributed by atoms with Crippen molar-refractivity contribution in [3.05, 3.63) is 30.1 Å². The average Bonchev–Trinajstić information content (AvgIpc) is 2.66. The normalized spacial score (nSPS) is 19.9. The van der Waals surface area contributed by atoms with Crippen LogP contribution in [0.3, 0.4) is 0 Å². The van der Waals surface area contributed by atoms with Crippen molar-refractivity contribution in [3.8, 4) is 0 Å². The van der Waals surface area contributed by atoms with Crippen molar-refractivity contribution in [2.24, 2.45) is 0 Å². The Balaban J connectivity index is 2.08. The summed E-state index contributed by atoms with van der Waals surface area (Å²) in [6.45, 7) is 7.98.